The number of nitrogens with zero attached hydrogens (tertiary/aromatic N) is 4. The van der Waals surface area contributed by atoms with Gasteiger partial charge < -0.3 is 18.6 Å². The topological polar surface area (TPSA) is 18.0 Å². The Bertz CT molecular complexity index is 5180. The van der Waals surface area contributed by atoms with E-state index in [9.17, 15) is 0 Å². The van der Waals surface area contributed by atoms with Gasteiger partial charge in [0, 0.05) is 54.7 Å². The van der Waals surface area contributed by atoms with Gasteiger partial charge in [-0.05, 0) is 166 Å². The lowest BCUT2D eigenvalue weighted by atomic mass is 9.34. The Hall–Kier alpha value is -9.32. The molecule has 0 N–H and O–H groups in total. The Balaban J connectivity index is 0.998. The summed E-state index contributed by atoms with van der Waals surface area (Å²) in [5.41, 5.74) is 31.2. The first-order valence-electron chi connectivity index (χ1n) is 31.9. The van der Waals surface area contributed by atoms with Crippen LogP contribution in [0.2, 0.25) is 0 Å². The van der Waals surface area contributed by atoms with Crippen molar-refractivity contribution < 1.29 is 0 Å². The summed E-state index contributed by atoms with van der Waals surface area (Å²) in [5.74, 6) is 0. The molecule has 5 heteroatoms. The molecule has 3 aliphatic heterocycles. The monoisotopic (exact) mass is 1130 g/mol. The summed E-state index contributed by atoms with van der Waals surface area (Å²) in [7, 11) is 0. The Morgan fingerprint density at radius 1 is 0.295 bits per heavy atom. The fourth-order valence-corrected chi connectivity index (χ4v) is 16.7. The highest BCUT2D eigenvalue weighted by Crippen LogP contribution is 2.64. The third-order valence-corrected chi connectivity index (χ3v) is 21.0. The van der Waals surface area contributed by atoms with Gasteiger partial charge in [0.15, 0.2) is 0 Å². The van der Waals surface area contributed by atoms with E-state index in [4.69, 9.17) is 0 Å². The number of hydrogen-bond donors (Lipinski definition) is 0. The molecule has 4 aliphatic rings. The molecule has 3 aromatic heterocycles. The molecule has 0 amide bonds. The number of benzene rings is 11. The summed E-state index contributed by atoms with van der Waals surface area (Å²) >= 11 is 0. The lowest BCUT2D eigenvalue weighted by Crippen LogP contribution is -2.59. The van der Waals surface area contributed by atoms with Gasteiger partial charge in [-0.3, -0.25) is 0 Å². The Labute approximate surface area is 516 Å². The van der Waals surface area contributed by atoms with Crippen LogP contribution in [0.25, 0.3) is 93.6 Å². The quantitative estimate of drug-likeness (QED) is 0.158. The van der Waals surface area contributed by atoms with Gasteiger partial charge in [-0.15, -0.1) is 0 Å². The van der Waals surface area contributed by atoms with E-state index in [0.29, 0.717) is 0 Å². The molecule has 14 aromatic rings. The normalized spacial score (nSPS) is 14.6. The van der Waals surface area contributed by atoms with Gasteiger partial charge in [0.05, 0.1) is 50.2 Å². The van der Waals surface area contributed by atoms with Crippen LogP contribution in [0.15, 0.2) is 212 Å². The highest BCUT2D eigenvalue weighted by molar-refractivity contribution is 7.00. The molecule has 0 unspecified atom stereocenters. The van der Waals surface area contributed by atoms with Crippen LogP contribution >= 0.6 is 0 Å². The molecule has 0 atom stereocenters. The number of fused-ring (bicyclic) bond motifs is 22. The van der Waals surface area contributed by atoms with Crippen LogP contribution in [0.5, 0.6) is 0 Å². The van der Waals surface area contributed by atoms with Crippen molar-refractivity contribution in [1.29, 1.82) is 0 Å². The fraction of sp³-hybridized carbons (Fsp3) is 0.205. The van der Waals surface area contributed by atoms with Crippen LogP contribution in [0.1, 0.15) is 128 Å². The molecule has 0 fully saturated rings. The van der Waals surface area contributed by atoms with E-state index in [2.05, 4.69) is 314 Å². The maximum absolute atomic E-state index is 2.69. The first-order chi connectivity index (χ1) is 42.2. The number of anilines is 3. The van der Waals surface area contributed by atoms with Gasteiger partial charge in [0.1, 0.15) is 0 Å². The third-order valence-electron chi connectivity index (χ3n) is 21.0. The van der Waals surface area contributed by atoms with Crippen molar-refractivity contribution in [2.24, 2.45) is 0 Å². The molecule has 6 heterocycles. The maximum atomic E-state index is 2.69. The molecular weight excluding hydrogens is 1060 g/mol. The number of hydrogen-bond acceptors (Lipinski definition) is 1. The van der Waals surface area contributed by atoms with Crippen molar-refractivity contribution in [1.82, 2.24) is 13.7 Å². The zero-order valence-electron chi connectivity index (χ0n) is 52.6. The number of rotatable bonds is 2. The van der Waals surface area contributed by atoms with Gasteiger partial charge in [0.25, 0.3) is 6.71 Å². The molecule has 88 heavy (non-hydrogen) atoms. The zero-order valence-corrected chi connectivity index (χ0v) is 52.6. The molecule has 1 aliphatic carbocycles. The minimum atomic E-state index is -0.528. The molecule has 1 spiro atoms. The van der Waals surface area contributed by atoms with Gasteiger partial charge in [0.2, 0.25) is 0 Å². The largest absolute Gasteiger partial charge is 0.310 e. The Kier molecular flexibility index (Phi) is 10.0. The van der Waals surface area contributed by atoms with Crippen molar-refractivity contribution in [2.45, 2.75) is 110 Å². The van der Waals surface area contributed by atoms with Gasteiger partial charge >= 0.3 is 0 Å². The van der Waals surface area contributed by atoms with Crippen LogP contribution in [0, 0.1) is 0 Å². The predicted molar refractivity (Wildman–Crippen MR) is 374 cm³/mol. The lowest BCUT2D eigenvalue weighted by molar-refractivity contribution is 0.590. The molecular formula is C83H71BN4. The second kappa shape index (κ2) is 17.1. The SMILES string of the molecule is CC(C)(C)c1ccc2c(c1)c1cc(C(C)(C)C)cc3c1n2-c1cc(-n2c4ccccc4c4cccc(N5c6ccccc6C6(c7ccccc7-c7ccccc76)c6ccccc65)c42)cc2c1B3c1cc(C(C)(C)C)cc3c4cc(C(C)(C)C)ccc4n-2c13. The molecule has 11 aromatic carbocycles. The highest BCUT2D eigenvalue weighted by Gasteiger charge is 2.52. The summed E-state index contributed by atoms with van der Waals surface area (Å²) in [5, 5.41) is 7.73. The van der Waals surface area contributed by atoms with Crippen LogP contribution in [0.4, 0.5) is 17.1 Å². The minimum Gasteiger partial charge on any atom is -0.310 e. The van der Waals surface area contributed by atoms with E-state index in [1.807, 2.05) is 0 Å². The summed E-state index contributed by atoms with van der Waals surface area (Å²) in [6.45, 7) is 28.4. The minimum absolute atomic E-state index is 0.0380. The van der Waals surface area contributed by atoms with Crippen molar-refractivity contribution in [3.8, 4) is 28.2 Å². The summed E-state index contributed by atoms with van der Waals surface area (Å²) in [4.78, 5) is 2.60. The fourth-order valence-electron chi connectivity index (χ4n) is 16.7. The van der Waals surface area contributed by atoms with E-state index < -0.39 is 5.41 Å². The van der Waals surface area contributed by atoms with Gasteiger partial charge in [-0.1, -0.05) is 223 Å². The molecule has 0 bridgehead atoms. The van der Waals surface area contributed by atoms with E-state index in [1.54, 1.807) is 0 Å². The predicted octanol–water partition coefficient (Wildman–Crippen LogP) is 19.5. The number of para-hydroxylation sites is 4. The Morgan fingerprint density at radius 2 is 0.705 bits per heavy atom. The lowest BCUT2D eigenvalue weighted by Gasteiger charge is -2.45. The first kappa shape index (κ1) is 51.9. The smallest absolute Gasteiger partial charge is 0.252 e. The second-order valence-electron chi connectivity index (χ2n) is 30.1. The van der Waals surface area contributed by atoms with Crippen LogP contribution in [0.3, 0.4) is 0 Å². The average molecular weight is 1140 g/mol. The van der Waals surface area contributed by atoms with Gasteiger partial charge in [-0.25, -0.2) is 0 Å². The van der Waals surface area contributed by atoms with E-state index in [1.165, 1.54) is 160 Å². The molecule has 4 nitrogen and oxygen atoms in total. The number of aromatic nitrogens is 3. The first-order valence-corrected chi connectivity index (χ1v) is 31.9. The Morgan fingerprint density at radius 3 is 1.20 bits per heavy atom. The second-order valence-corrected chi connectivity index (χ2v) is 30.1. The summed E-state index contributed by atoms with van der Waals surface area (Å²) < 4.78 is 8.03. The zero-order chi connectivity index (χ0) is 60.0. The molecule has 0 saturated heterocycles. The average Bonchev–Trinajstić information content (AvgIpc) is 1.42. The standard InChI is InChI=1S/C83H71BN4/c1-79(2,3)48-36-38-68-57(40-48)59-42-50(81(7,8)9)44-65-76(59)87(68)73-46-52(47-74-75(73)84(65)66-45-51(82(10,11)12)43-60-58-41-49(80(4,5)6)37-39-69(58)88(74)77(60)66)85-67-32-20-15-26-55(67)56-27-23-35-72(78(56)85)86-70-33-21-18-30-63(70)83(64-31-19-22-34-71(64)86)61-28-16-13-24-53(61)54-25-14-17-29-62(54)83/h13-47H,1-12H3. The van der Waals surface area contributed by atoms with E-state index in [0.717, 1.165) is 11.4 Å². The third kappa shape index (κ3) is 6.62. The van der Waals surface area contributed by atoms with Crippen molar-refractivity contribution in [3.63, 3.8) is 0 Å². The molecule has 426 valence electrons. The molecule has 18 rings (SSSR count). The van der Waals surface area contributed by atoms with E-state index >= 15 is 0 Å². The van der Waals surface area contributed by atoms with Crippen LogP contribution in [-0.4, -0.2) is 20.4 Å². The van der Waals surface area contributed by atoms with Crippen molar-refractivity contribution >= 4 is 106 Å². The summed E-state index contributed by atoms with van der Waals surface area (Å²) in [6, 6.07) is 83.2. The van der Waals surface area contributed by atoms with Crippen LogP contribution < -0.4 is 21.3 Å². The van der Waals surface area contributed by atoms with Crippen molar-refractivity contribution in [2.75, 3.05) is 4.90 Å². The highest BCUT2D eigenvalue weighted by atomic mass is 15.2. The van der Waals surface area contributed by atoms with Gasteiger partial charge in [-0.2, -0.15) is 0 Å². The maximum Gasteiger partial charge on any atom is 0.252 e. The van der Waals surface area contributed by atoms with Crippen LogP contribution in [-0.2, 0) is 27.1 Å². The summed E-state index contributed by atoms with van der Waals surface area (Å²) in [6.07, 6.45) is 0. The molecule has 0 saturated carbocycles. The van der Waals surface area contributed by atoms with Crippen molar-refractivity contribution in [3.05, 3.63) is 257 Å². The van der Waals surface area contributed by atoms with E-state index in [-0.39, 0.29) is 28.4 Å². The molecule has 0 radical (unpaired) electrons.